The van der Waals surface area contributed by atoms with Crippen LogP contribution in [0.2, 0.25) is 0 Å². The van der Waals surface area contributed by atoms with Gasteiger partial charge in [-0.2, -0.15) is 0 Å². The van der Waals surface area contributed by atoms with Gasteiger partial charge in [0.1, 0.15) is 0 Å². The van der Waals surface area contributed by atoms with E-state index in [9.17, 15) is 0 Å². The van der Waals surface area contributed by atoms with Gasteiger partial charge >= 0.3 is 0 Å². The lowest BCUT2D eigenvalue weighted by atomic mass is 10.0. The van der Waals surface area contributed by atoms with Gasteiger partial charge in [-0.3, -0.25) is 4.99 Å². The number of thiazole rings is 1. The first-order valence-corrected chi connectivity index (χ1v) is 9.26. The number of rotatable bonds is 5. The Morgan fingerprint density at radius 3 is 2.91 bits per heavy atom. The maximum absolute atomic E-state index is 4.81. The molecule has 1 heterocycles. The molecule has 1 aromatic heterocycles. The summed E-state index contributed by atoms with van der Waals surface area (Å²) in [6.07, 6.45) is 13.9. The predicted octanol–water partition coefficient (Wildman–Crippen LogP) is 2.84. The molecule has 0 spiro atoms. The van der Waals surface area contributed by atoms with E-state index >= 15 is 0 Å². The molecule has 0 amide bonds. The van der Waals surface area contributed by atoms with Crippen molar-refractivity contribution in [1.82, 2.24) is 15.6 Å². The van der Waals surface area contributed by atoms with E-state index in [-0.39, 0.29) is 0 Å². The summed E-state index contributed by atoms with van der Waals surface area (Å²) in [6, 6.07) is 0.511. The third kappa shape index (κ3) is 4.09. The van der Waals surface area contributed by atoms with Gasteiger partial charge in [0.2, 0.25) is 0 Å². The third-order valence-electron chi connectivity index (χ3n) is 4.32. The van der Waals surface area contributed by atoms with Gasteiger partial charge in [0.25, 0.3) is 0 Å². The lowest BCUT2D eigenvalue weighted by Gasteiger charge is -2.16. The number of aryl methyl sites for hydroxylation is 3. The summed E-state index contributed by atoms with van der Waals surface area (Å²) in [7, 11) is 1.84. The molecule has 0 aliphatic heterocycles. The maximum atomic E-state index is 4.81. The molecule has 0 atom stereocenters. The molecule has 5 heteroatoms. The molecular weight excluding hydrogens is 292 g/mol. The first-order chi connectivity index (χ1) is 10.8. The van der Waals surface area contributed by atoms with E-state index in [1.54, 1.807) is 4.88 Å². The molecule has 3 rings (SSSR count). The Bertz CT molecular complexity index is 515. The molecule has 22 heavy (non-hydrogen) atoms. The van der Waals surface area contributed by atoms with E-state index in [0.29, 0.717) is 6.04 Å². The topological polar surface area (TPSA) is 49.3 Å². The Labute approximate surface area is 137 Å². The number of aliphatic imine (C=N–C) groups is 1. The Kier molecular flexibility index (Phi) is 5.48. The number of fused-ring (bicyclic) bond motifs is 1. The fraction of sp³-hybridized carbons (Fsp3) is 0.647. The highest BCUT2D eigenvalue weighted by atomic mass is 32.1. The van der Waals surface area contributed by atoms with Crippen LogP contribution in [0.5, 0.6) is 0 Å². The van der Waals surface area contributed by atoms with Gasteiger partial charge in [-0.05, 0) is 44.9 Å². The van der Waals surface area contributed by atoms with Crippen LogP contribution in [0.4, 0.5) is 0 Å². The van der Waals surface area contributed by atoms with Crippen LogP contribution in [-0.2, 0) is 19.3 Å². The number of nitrogens with one attached hydrogen (secondary N) is 2. The molecule has 2 aliphatic carbocycles. The second-order valence-corrected chi connectivity index (χ2v) is 7.24. The highest BCUT2D eigenvalue weighted by molar-refractivity contribution is 7.11. The second kappa shape index (κ2) is 7.77. The van der Waals surface area contributed by atoms with Crippen molar-refractivity contribution in [2.45, 2.75) is 57.4 Å². The Balaban J connectivity index is 1.38. The van der Waals surface area contributed by atoms with Crippen LogP contribution in [0.15, 0.2) is 17.1 Å². The van der Waals surface area contributed by atoms with E-state index < -0.39 is 0 Å². The summed E-state index contributed by atoms with van der Waals surface area (Å²) < 4.78 is 0. The van der Waals surface area contributed by atoms with Crippen LogP contribution in [0.1, 0.15) is 47.7 Å². The van der Waals surface area contributed by atoms with Crippen molar-refractivity contribution in [3.63, 3.8) is 0 Å². The number of aromatic nitrogens is 1. The van der Waals surface area contributed by atoms with Gasteiger partial charge in [0.05, 0.1) is 10.7 Å². The van der Waals surface area contributed by atoms with Crippen LogP contribution < -0.4 is 10.6 Å². The van der Waals surface area contributed by atoms with Crippen LogP contribution in [0, 0.1) is 0 Å². The smallest absolute Gasteiger partial charge is 0.191 e. The predicted molar refractivity (Wildman–Crippen MR) is 93.7 cm³/mol. The summed E-state index contributed by atoms with van der Waals surface area (Å²) in [4.78, 5) is 10.7. The molecule has 2 aliphatic rings. The van der Waals surface area contributed by atoms with Crippen molar-refractivity contribution in [3.8, 4) is 0 Å². The molecule has 0 bridgehead atoms. The van der Waals surface area contributed by atoms with E-state index in [0.717, 1.165) is 38.2 Å². The molecule has 0 aromatic carbocycles. The lowest BCUT2D eigenvalue weighted by Crippen LogP contribution is -2.42. The van der Waals surface area contributed by atoms with Crippen LogP contribution in [0.3, 0.4) is 0 Å². The normalized spacial score (nSPS) is 18.5. The van der Waals surface area contributed by atoms with Gasteiger partial charge in [0.15, 0.2) is 5.96 Å². The number of hydrogen-bond acceptors (Lipinski definition) is 3. The van der Waals surface area contributed by atoms with E-state index in [2.05, 4.69) is 27.8 Å². The van der Waals surface area contributed by atoms with E-state index in [1.807, 2.05) is 18.4 Å². The first kappa shape index (κ1) is 15.5. The highest BCUT2D eigenvalue weighted by Gasteiger charge is 2.15. The van der Waals surface area contributed by atoms with Crippen molar-refractivity contribution in [1.29, 1.82) is 0 Å². The van der Waals surface area contributed by atoms with Gasteiger partial charge in [0, 0.05) is 30.9 Å². The minimum atomic E-state index is 0.511. The highest BCUT2D eigenvalue weighted by Crippen LogP contribution is 2.27. The van der Waals surface area contributed by atoms with Crippen molar-refractivity contribution in [3.05, 3.63) is 27.7 Å². The van der Waals surface area contributed by atoms with Crippen LogP contribution >= 0.6 is 11.3 Å². The molecule has 2 N–H and O–H groups in total. The maximum Gasteiger partial charge on any atom is 0.191 e. The molecule has 1 aromatic rings. The van der Waals surface area contributed by atoms with Crippen LogP contribution in [0.25, 0.3) is 0 Å². The van der Waals surface area contributed by atoms with Crippen molar-refractivity contribution >= 4 is 17.3 Å². The monoisotopic (exact) mass is 318 g/mol. The SMILES string of the molecule is CN=C(NCCCc1nc2c(s1)CCCC2)NC1CC=CC1. The quantitative estimate of drug-likeness (QED) is 0.380. The standard InChI is InChI=1S/C17H26N4S/c1-18-17(20-13-7-2-3-8-13)19-12-6-11-16-21-14-9-4-5-10-15(14)22-16/h2-3,13H,4-12H2,1H3,(H2,18,19,20). The summed E-state index contributed by atoms with van der Waals surface area (Å²) in [5.41, 5.74) is 1.38. The minimum absolute atomic E-state index is 0.511. The summed E-state index contributed by atoms with van der Waals surface area (Å²) in [6.45, 7) is 0.948. The van der Waals surface area contributed by atoms with Crippen molar-refractivity contribution in [2.24, 2.45) is 4.99 Å². The lowest BCUT2D eigenvalue weighted by molar-refractivity contribution is 0.628. The molecule has 0 saturated heterocycles. The molecule has 120 valence electrons. The molecule has 4 nitrogen and oxygen atoms in total. The number of guanidine groups is 1. The summed E-state index contributed by atoms with van der Waals surface area (Å²) in [5.74, 6) is 0.923. The van der Waals surface area contributed by atoms with Gasteiger partial charge in [-0.25, -0.2) is 4.98 Å². The zero-order valence-corrected chi connectivity index (χ0v) is 14.2. The Morgan fingerprint density at radius 1 is 1.32 bits per heavy atom. The van der Waals surface area contributed by atoms with Crippen LogP contribution in [-0.4, -0.2) is 30.6 Å². The van der Waals surface area contributed by atoms with Gasteiger partial charge < -0.3 is 10.6 Å². The van der Waals surface area contributed by atoms with Crippen molar-refractivity contribution < 1.29 is 0 Å². The molecule has 0 fully saturated rings. The third-order valence-corrected chi connectivity index (χ3v) is 5.54. The summed E-state index contributed by atoms with van der Waals surface area (Å²) >= 11 is 1.93. The average Bonchev–Trinajstić information content (AvgIpc) is 3.19. The van der Waals surface area contributed by atoms with Crippen molar-refractivity contribution in [2.75, 3.05) is 13.6 Å². The number of hydrogen-bond donors (Lipinski definition) is 2. The largest absolute Gasteiger partial charge is 0.356 e. The van der Waals surface area contributed by atoms with Gasteiger partial charge in [-0.1, -0.05) is 12.2 Å². The zero-order valence-electron chi connectivity index (χ0n) is 13.4. The Morgan fingerprint density at radius 2 is 2.14 bits per heavy atom. The zero-order chi connectivity index (χ0) is 15.2. The Hall–Kier alpha value is -1.36. The first-order valence-electron chi connectivity index (χ1n) is 8.45. The average molecular weight is 318 g/mol. The molecule has 0 unspecified atom stereocenters. The molecule has 0 saturated carbocycles. The molecular formula is C17H26N4S. The minimum Gasteiger partial charge on any atom is -0.356 e. The second-order valence-electron chi connectivity index (χ2n) is 6.07. The molecule has 0 radical (unpaired) electrons. The fourth-order valence-corrected chi connectivity index (χ4v) is 4.28. The van der Waals surface area contributed by atoms with E-state index in [1.165, 1.54) is 36.4 Å². The number of nitrogens with zero attached hydrogens (tertiary/aromatic N) is 2. The van der Waals surface area contributed by atoms with E-state index in [4.69, 9.17) is 4.98 Å². The summed E-state index contributed by atoms with van der Waals surface area (Å²) in [5, 5.41) is 8.20. The fourth-order valence-electron chi connectivity index (χ4n) is 3.08. The van der Waals surface area contributed by atoms with Gasteiger partial charge in [-0.15, -0.1) is 11.3 Å².